The first-order chi connectivity index (χ1) is 8.74. The zero-order valence-electron chi connectivity index (χ0n) is 10.2. The second-order valence-electron chi connectivity index (χ2n) is 4.17. The van der Waals surface area contributed by atoms with Crippen LogP contribution in [0.15, 0.2) is 24.3 Å². The van der Waals surface area contributed by atoms with Gasteiger partial charge in [0.15, 0.2) is 6.29 Å². The summed E-state index contributed by atoms with van der Waals surface area (Å²) >= 11 is 0. The number of hydrogen-bond acceptors (Lipinski definition) is 2. The molecule has 1 aromatic carbocycles. The van der Waals surface area contributed by atoms with Crippen LogP contribution in [0, 0.1) is 5.82 Å². The van der Waals surface area contributed by atoms with E-state index in [0.29, 0.717) is 11.4 Å². The number of aldehydes is 1. The monoisotopic (exact) mass is 246 g/mol. The second kappa shape index (κ2) is 5.58. The summed E-state index contributed by atoms with van der Waals surface area (Å²) in [7, 11) is 0. The van der Waals surface area contributed by atoms with Crippen molar-refractivity contribution in [1.29, 1.82) is 0 Å². The van der Waals surface area contributed by atoms with Crippen LogP contribution in [-0.4, -0.2) is 16.3 Å². The molecular weight excluding hydrogens is 231 g/mol. The molecule has 0 saturated heterocycles. The van der Waals surface area contributed by atoms with Crippen LogP contribution in [0.4, 0.5) is 4.39 Å². The third-order valence-electron chi connectivity index (χ3n) is 2.78. The van der Waals surface area contributed by atoms with Gasteiger partial charge in [-0.15, -0.1) is 0 Å². The molecule has 1 N–H and O–H groups in total. The lowest BCUT2D eigenvalue weighted by Gasteiger charge is -1.97. The van der Waals surface area contributed by atoms with Crippen LogP contribution in [-0.2, 0) is 6.42 Å². The predicted octanol–water partition coefficient (Wildman–Crippen LogP) is 3.37. The van der Waals surface area contributed by atoms with Gasteiger partial charge in [0.25, 0.3) is 0 Å². The summed E-state index contributed by atoms with van der Waals surface area (Å²) in [6.07, 6.45) is 3.66. The number of rotatable bonds is 5. The highest BCUT2D eigenvalue weighted by Crippen LogP contribution is 2.21. The zero-order chi connectivity index (χ0) is 13.0. The van der Waals surface area contributed by atoms with Gasteiger partial charge in [0, 0.05) is 12.0 Å². The Morgan fingerprint density at radius 3 is 2.67 bits per heavy atom. The van der Waals surface area contributed by atoms with Crippen molar-refractivity contribution in [1.82, 2.24) is 9.97 Å². The van der Waals surface area contributed by atoms with Crippen LogP contribution in [0.25, 0.3) is 11.3 Å². The van der Waals surface area contributed by atoms with E-state index in [0.717, 1.165) is 36.9 Å². The summed E-state index contributed by atoms with van der Waals surface area (Å²) < 4.78 is 12.9. The molecule has 1 heterocycles. The molecule has 0 amide bonds. The summed E-state index contributed by atoms with van der Waals surface area (Å²) in [6.45, 7) is 2.10. The molecule has 0 aliphatic heterocycles. The normalized spacial score (nSPS) is 10.6. The Hall–Kier alpha value is -1.97. The topological polar surface area (TPSA) is 45.8 Å². The van der Waals surface area contributed by atoms with Crippen molar-refractivity contribution >= 4 is 6.29 Å². The van der Waals surface area contributed by atoms with Gasteiger partial charge < -0.3 is 4.98 Å². The molecule has 0 atom stereocenters. The minimum absolute atomic E-state index is 0.298. The van der Waals surface area contributed by atoms with Gasteiger partial charge in [-0.2, -0.15) is 0 Å². The van der Waals surface area contributed by atoms with Crippen molar-refractivity contribution < 1.29 is 9.18 Å². The maximum atomic E-state index is 12.9. The van der Waals surface area contributed by atoms with Gasteiger partial charge in [-0.05, 0) is 30.7 Å². The fourth-order valence-electron chi connectivity index (χ4n) is 1.81. The molecule has 0 fully saturated rings. The SMILES string of the molecule is CCCCc1nc(-c2ccc(F)cc2)c(C=O)[nH]1. The number of aryl methyl sites for hydroxylation is 1. The third-order valence-corrected chi connectivity index (χ3v) is 2.78. The van der Waals surface area contributed by atoms with E-state index in [4.69, 9.17) is 0 Å². The molecule has 1 aromatic heterocycles. The smallest absolute Gasteiger partial charge is 0.168 e. The molecule has 0 unspecified atom stereocenters. The van der Waals surface area contributed by atoms with Gasteiger partial charge in [0.1, 0.15) is 17.3 Å². The lowest BCUT2D eigenvalue weighted by Crippen LogP contribution is -1.87. The minimum atomic E-state index is -0.298. The Morgan fingerprint density at radius 1 is 1.33 bits per heavy atom. The van der Waals surface area contributed by atoms with Crippen LogP contribution in [0.3, 0.4) is 0 Å². The summed E-state index contributed by atoms with van der Waals surface area (Å²) in [5.41, 5.74) is 1.79. The molecule has 0 aliphatic carbocycles. The van der Waals surface area contributed by atoms with Crippen LogP contribution in [0.2, 0.25) is 0 Å². The molecule has 0 aliphatic rings. The summed E-state index contributed by atoms with van der Waals surface area (Å²) in [4.78, 5) is 18.4. The number of carbonyl (C=O) groups is 1. The molecule has 4 heteroatoms. The maximum Gasteiger partial charge on any atom is 0.168 e. The molecule has 2 aromatic rings. The maximum absolute atomic E-state index is 12.9. The van der Waals surface area contributed by atoms with E-state index in [2.05, 4.69) is 16.9 Å². The van der Waals surface area contributed by atoms with Crippen molar-refractivity contribution in [3.8, 4) is 11.3 Å². The molecule has 3 nitrogen and oxygen atoms in total. The van der Waals surface area contributed by atoms with E-state index in [9.17, 15) is 9.18 Å². The van der Waals surface area contributed by atoms with Crippen molar-refractivity contribution in [3.63, 3.8) is 0 Å². The first-order valence-corrected chi connectivity index (χ1v) is 6.04. The minimum Gasteiger partial charge on any atom is -0.339 e. The lowest BCUT2D eigenvalue weighted by atomic mass is 10.1. The number of H-pyrrole nitrogens is 1. The number of nitrogens with zero attached hydrogens (tertiary/aromatic N) is 1. The number of imidazole rings is 1. The molecular formula is C14H15FN2O. The summed E-state index contributed by atoms with van der Waals surface area (Å²) in [5.74, 6) is 0.506. The quantitative estimate of drug-likeness (QED) is 0.822. The number of aromatic amines is 1. The van der Waals surface area contributed by atoms with E-state index < -0.39 is 0 Å². The van der Waals surface area contributed by atoms with E-state index in [1.807, 2.05) is 0 Å². The molecule has 18 heavy (non-hydrogen) atoms. The highest BCUT2D eigenvalue weighted by molar-refractivity contribution is 5.83. The van der Waals surface area contributed by atoms with Crippen LogP contribution in [0.5, 0.6) is 0 Å². The third kappa shape index (κ3) is 2.64. The zero-order valence-corrected chi connectivity index (χ0v) is 10.2. The van der Waals surface area contributed by atoms with Gasteiger partial charge >= 0.3 is 0 Å². The average Bonchev–Trinajstić information content (AvgIpc) is 2.80. The van der Waals surface area contributed by atoms with Crippen LogP contribution >= 0.6 is 0 Å². The number of unbranched alkanes of at least 4 members (excludes halogenated alkanes) is 1. The Kier molecular flexibility index (Phi) is 3.87. The number of hydrogen-bond donors (Lipinski definition) is 1. The average molecular weight is 246 g/mol. The van der Waals surface area contributed by atoms with Crippen molar-refractivity contribution in [2.45, 2.75) is 26.2 Å². The first kappa shape index (κ1) is 12.5. The fraction of sp³-hybridized carbons (Fsp3) is 0.286. The first-order valence-electron chi connectivity index (χ1n) is 6.04. The number of benzene rings is 1. The summed E-state index contributed by atoms with van der Waals surface area (Å²) in [6, 6.07) is 5.98. The number of carbonyl (C=O) groups excluding carboxylic acids is 1. The Labute approximate surface area is 105 Å². The largest absolute Gasteiger partial charge is 0.339 e. The van der Waals surface area contributed by atoms with E-state index in [-0.39, 0.29) is 5.82 Å². The Bertz CT molecular complexity index is 531. The van der Waals surface area contributed by atoms with E-state index in [1.165, 1.54) is 12.1 Å². The van der Waals surface area contributed by atoms with Crippen molar-refractivity contribution in [2.75, 3.05) is 0 Å². The Balaban J connectivity index is 2.33. The standard InChI is InChI=1S/C14H15FN2O/c1-2-3-4-13-16-12(9-18)14(17-13)10-5-7-11(15)8-6-10/h5-9H,2-4H2,1H3,(H,16,17). The molecule has 0 saturated carbocycles. The van der Waals surface area contributed by atoms with Gasteiger partial charge in [-0.25, -0.2) is 9.37 Å². The fourth-order valence-corrected chi connectivity index (χ4v) is 1.81. The van der Waals surface area contributed by atoms with Gasteiger partial charge in [0.2, 0.25) is 0 Å². The molecule has 2 rings (SSSR count). The van der Waals surface area contributed by atoms with Crippen molar-refractivity contribution in [3.05, 3.63) is 41.6 Å². The highest BCUT2D eigenvalue weighted by atomic mass is 19.1. The molecule has 94 valence electrons. The number of nitrogens with one attached hydrogen (secondary N) is 1. The van der Waals surface area contributed by atoms with Crippen LogP contribution < -0.4 is 0 Å². The number of aromatic nitrogens is 2. The van der Waals surface area contributed by atoms with Crippen molar-refractivity contribution in [2.24, 2.45) is 0 Å². The predicted molar refractivity (Wildman–Crippen MR) is 68.0 cm³/mol. The van der Waals surface area contributed by atoms with Gasteiger partial charge in [-0.1, -0.05) is 13.3 Å². The highest BCUT2D eigenvalue weighted by Gasteiger charge is 2.11. The van der Waals surface area contributed by atoms with Crippen LogP contribution in [0.1, 0.15) is 36.1 Å². The Morgan fingerprint density at radius 2 is 2.06 bits per heavy atom. The van der Waals surface area contributed by atoms with Gasteiger partial charge in [-0.3, -0.25) is 4.79 Å². The number of halogens is 1. The molecule has 0 spiro atoms. The summed E-state index contributed by atoms with van der Waals surface area (Å²) in [5, 5.41) is 0. The second-order valence-corrected chi connectivity index (χ2v) is 4.17. The van der Waals surface area contributed by atoms with Gasteiger partial charge in [0.05, 0.1) is 5.69 Å². The molecule has 0 radical (unpaired) electrons. The van der Waals surface area contributed by atoms with E-state index >= 15 is 0 Å². The van der Waals surface area contributed by atoms with E-state index in [1.54, 1.807) is 12.1 Å². The molecule has 0 bridgehead atoms. The lowest BCUT2D eigenvalue weighted by molar-refractivity contribution is 0.112.